The Morgan fingerprint density at radius 3 is 2.77 bits per heavy atom. The second-order valence-electron chi connectivity index (χ2n) is 4.44. The molecule has 0 aliphatic heterocycles. The van der Waals surface area contributed by atoms with Crippen LogP contribution in [-0.2, 0) is 11.3 Å². The molecular weight excluding hydrogens is 303 g/mol. The zero-order valence-corrected chi connectivity index (χ0v) is 11.2. The van der Waals surface area contributed by atoms with Crippen LogP contribution in [0, 0.1) is 0 Å². The summed E-state index contributed by atoms with van der Waals surface area (Å²) in [6.07, 6.45) is -1.91. The second-order valence-corrected chi connectivity index (χ2v) is 4.44. The van der Waals surface area contributed by atoms with Crippen LogP contribution in [0.3, 0.4) is 0 Å². The van der Waals surface area contributed by atoms with Crippen molar-refractivity contribution in [3.8, 4) is 22.6 Å². The average molecular weight is 315 g/mol. The number of rotatable bonds is 5. The maximum atomic E-state index is 12.2. The third-order valence-electron chi connectivity index (χ3n) is 2.73. The van der Waals surface area contributed by atoms with Crippen LogP contribution in [0.25, 0.3) is 11.1 Å². The van der Waals surface area contributed by atoms with Crippen molar-refractivity contribution in [3.63, 3.8) is 0 Å². The normalized spacial score (nSPS) is 11.4. The molecule has 0 bridgehead atoms. The van der Waals surface area contributed by atoms with Gasteiger partial charge in [-0.25, -0.2) is 0 Å². The molecule has 3 N–H and O–H groups in total. The van der Waals surface area contributed by atoms with Gasteiger partial charge in [0.05, 0.1) is 6.20 Å². The number of benzene rings is 1. The first-order valence-corrected chi connectivity index (χ1v) is 6.14. The summed E-state index contributed by atoms with van der Waals surface area (Å²) in [5, 5.41) is 13.7. The first-order chi connectivity index (χ1) is 10.2. The third kappa shape index (κ3) is 4.14. The fourth-order valence-corrected chi connectivity index (χ4v) is 1.79. The molecular formula is C13H12F3N3O3. The summed E-state index contributed by atoms with van der Waals surface area (Å²) in [7, 11) is 0. The number of aryl methyl sites for hydroxylation is 1. The van der Waals surface area contributed by atoms with Crippen LogP contribution in [0.1, 0.15) is 6.42 Å². The summed E-state index contributed by atoms with van der Waals surface area (Å²) in [5.41, 5.74) is 5.53. The summed E-state index contributed by atoms with van der Waals surface area (Å²) >= 11 is 0. The molecule has 1 aromatic heterocycles. The number of halogens is 3. The highest BCUT2D eigenvalue weighted by Gasteiger charge is 2.31. The fraction of sp³-hybridized carbons (Fsp3) is 0.231. The maximum absolute atomic E-state index is 12.2. The summed E-state index contributed by atoms with van der Waals surface area (Å²) < 4.78 is 41.8. The summed E-state index contributed by atoms with van der Waals surface area (Å²) in [4.78, 5) is 10.7. The largest absolute Gasteiger partial charge is 0.573 e. The van der Waals surface area contributed by atoms with Gasteiger partial charge in [0.25, 0.3) is 0 Å². The molecule has 1 amide bonds. The van der Waals surface area contributed by atoms with Gasteiger partial charge in [-0.05, 0) is 18.2 Å². The number of phenols is 1. The van der Waals surface area contributed by atoms with E-state index in [0.29, 0.717) is 5.56 Å². The number of alkyl halides is 3. The van der Waals surface area contributed by atoms with Gasteiger partial charge in [0.15, 0.2) is 0 Å². The van der Waals surface area contributed by atoms with Crippen LogP contribution in [-0.4, -0.2) is 27.2 Å². The number of nitrogens with zero attached hydrogens (tertiary/aromatic N) is 2. The Labute approximate surface area is 122 Å². The van der Waals surface area contributed by atoms with Gasteiger partial charge < -0.3 is 15.6 Å². The van der Waals surface area contributed by atoms with Gasteiger partial charge in [-0.3, -0.25) is 9.48 Å². The summed E-state index contributed by atoms with van der Waals surface area (Å²) in [6.45, 7) is 0.231. The van der Waals surface area contributed by atoms with Crippen molar-refractivity contribution in [1.29, 1.82) is 0 Å². The molecule has 1 aromatic carbocycles. The Hall–Kier alpha value is -2.71. The van der Waals surface area contributed by atoms with Crippen LogP contribution in [0.15, 0.2) is 30.6 Å². The van der Waals surface area contributed by atoms with Gasteiger partial charge in [-0.15, -0.1) is 13.2 Å². The Bertz CT molecular complexity index is 683. The van der Waals surface area contributed by atoms with Crippen molar-refractivity contribution in [2.45, 2.75) is 19.3 Å². The number of amides is 1. The molecule has 0 unspecified atom stereocenters. The molecule has 0 saturated carbocycles. The molecule has 2 aromatic rings. The highest BCUT2D eigenvalue weighted by molar-refractivity contribution is 5.73. The quantitative estimate of drug-likeness (QED) is 0.883. The number of hydrogen-bond donors (Lipinski definition) is 2. The van der Waals surface area contributed by atoms with Gasteiger partial charge in [0.1, 0.15) is 11.5 Å². The number of primary amides is 1. The van der Waals surface area contributed by atoms with Gasteiger partial charge >= 0.3 is 6.36 Å². The van der Waals surface area contributed by atoms with Crippen molar-refractivity contribution < 1.29 is 27.8 Å². The van der Waals surface area contributed by atoms with E-state index in [1.807, 2.05) is 0 Å². The lowest BCUT2D eigenvalue weighted by Crippen LogP contribution is -2.17. The molecule has 0 aliphatic carbocycles. The Morgan fingerprint density at radius 2 is 2.14 bits per heavy atom. The van der Waals surface area contributed by atoms with Crippen molar-refractivity contribution in [1.82, 2.24) is 9.78 Å². The SMILES string of the molecule is NC(=O)CCn1cc(-c2cc(OC(F)(F)F)ccc2O)cn1. The average Bonchev–Trinajstić information content (AvgIpc) is 2.85. The molecule has 1 heterocycles. The second kappa shape index (κ2) is 5.96. The van der Waals surface area contributed by atoms with Crippen LogP contribution in [0.4, 0.5) is 13.2 Å². The van der Waals surface area contributed by atoms with E-state index in [4.69, 9.17) is 5.73 Å². The number of aromatic hydroxyl groups is 1. The number of hydrogen-bond acceptors (Lipinski definition) is 4. The zero-order chi connectivity index (χ0) is 16.3. The lowest BCUT2D eigenvalue weighted by Gasteiger charge is -2.10. The van der Waals surface area contributed by atoms with E-state index in [1.165, 1.54) is 17.1 Å². The van der Waals surface area contributed by atoms with E-state index in [-0.39, 0.29) is 24.3 Å². The lowest BCUT2D eigenvalue weighted by molar-refractivity contribution is -0.274. The molecule has 0 radical (unpaired) electrons. The summed E-state index contributed by atoms with van der Waals surface area (Å²) in [6, 6.07) is 3.15. The van der Waals surface area contributed by atoms with E-state index in [1.54, 1.807) is 0 Å². The minimum Gasteiger partial charge on any atom is -0.507 e. The predicted octanol–water partition coefficient (Wildman–Crippen LogP) is 2.03. The van der Waals surface area contributed by atoms with E-state index in [0.717, 1.165) is 18.2 Å². The standard InChI is InChI=1S/C13H12F3N3O3/c14-13(15,16)22-9-1-2-11(20)10(5-9)8-6-18-19(7-8)4-3-12(17)21/h1-2,5-7,20H,3-4H2,(H2,17,21). The smallest absolute Gasteiger partial charge is 0.507 e. The number of phenolic OH excluding ortho intramolecular Hbond substituents is 1. The fourth-order valence-electron chi connectivity index (χ4n) is 1.79. The topological polar surface area (TPSA) is 90.4 Å². The maximum Gasteiger partial charge on any atom is 0.573 e. The Kier molecular flexibility index (Phi) is 4.25. The van der Waals surface area contributed by atoms with Crippen molar-refractivity contribution in [3.05, 3.63) is 30.6 Å². The molecule has 22 heavy (non-hydrogen) atoms. The zero-order valence-electron chi connectivity index (χ0n) is 11.2. The Balaban J connectivity index is 2.24. The van der Waals surface area contributed by atoms with E-state index < -0.39 is 18.0 Å². The van der Waals surface area contributed by atoms with Gasteiger partial charge in [0, 0.05) is 30.3 Å². The molecule has 0 atom stereocenters. The van der Waals surface area contributed by atoms with Crippen LogP contribution < -0.4 is 10.5 Å². The molecule has 0 saturated heterocycles. The minimum atomic E-state index is -4.82. The van der Waals surface area contributed by atoms with Crippen molar-refractivity contribution >= 4 is 5.91 Å². The van der Waals surface area contributed by atoms with Crippen molar-refractivity contribution in [2.75, 3.05) is 0 Å². The van der Waals surface area contributed by atoms with E-state index in [9.17, 15) is 23.1 Å². The lowest BCUT2D eigenvalue weighted by atomic mass is 10.1. The molecule has 118 valence electrons. The van der Waals surface area contributed by atoms with Gasteiger partial charge in [-0.2, -0.15) is 5.10 Å². The monoisotopic (exact) mass is 315 g/mol. The Morgan fingerprint density at radius 1 is 1.41 bits per heavy atom. The molecule has 0 spiro atoms. The number of carbonyl (C=O) groups is 1. The minimum absolute atomic E-state index is 0.0737. The summed E-state index contributed by atoms with van der Waals surface area (Å²) in [5.74, 6) is -1.17. The van der Waals surface area contributed by atoms with Gasteiger partial charge in [-0.1, -0.05) is 0 Å². The van der Waals surface area contributed by atoms with Crippen LogP contribution in [0.2, 0.25) is 0 Å². The van der Waals surface area contributed by atoms with Gasteiger partial charge in [0.2, 0.25) is 5.91 Å². The first kappa shape index (κ1) is 15.7. The molecule has 0 aliphatic rings. The highest BCUT2D eigenvalue weighted by atomic mass is 19.4. The molecule has 0 fully saturated rings. The van der Waals surface area contributed by atoms with Crippen LogP contribution >= 0.6 is 0 Å². The first-order valence-electron chi connectivity index (χ1n) is 6.14. The molecule has 6 nitrogen and oxygen atoms in total. The number of aromatic nitrogens is 2. The number of nitrogens with two attached hydrogens (primary N) is 1. The molecule has 2 rings (SSSR count). The number of carbonyl (C=O) groups excluding carboxylic acids is 1. The van der Waals surface area contributed by atoms with Crippen molar-refractivity contribution in [2.24, 2.45) is 5.73 Å². The predicted molar refractivity (Wildman–Crippen MR) is 69.8 cm³/mol. The molecule has 9 heteroatoms. The van der Waals surface area contributed by atoms with E-state index in [2.05, 4.69) is 9.84 Å². The number of ether oxygens (including phenoxy) is 1. The van der Waals surface area contributed by atoms with E-state index >= 15 is 0 Å². The third-order valence-corrected chi connectivity index (χ3v) is 2.73. The highest BCUT2D eigenvalue weighted by Crippen LogP contribution is 2.34. The van der Waals surface area contributed by atoms with Crippen LogP contribution in [0.5, 0.6) is 11.5 Å².